The summed E-state index contributed by atoms with van der Waals surface area (Å²) in [4.78, 5) is 14.2. The summed E-state index contributed by atoms with van der Waals surface area (Å²) >= 11 is 0. The molecule has 1 fully saturated rings. The predicted molar refractivity (Wildman–Crippen MR) is 94.7 cm³/mol. The van der Waals surface area contributed by atoms with Gasteiger partial charge < -0.3 is 15.0 Å². The molecule has 0 aliphatic carbocycles. The average molecular weight is 346 g/mol. The molecule has 1 amide bonds. The van der Waals surface area contributed by atoms with Crippen LogP contribution in [0.2, 0.25) is 0 Å². The highest BCUT2D eigenvalue weighted by Crippen LogP contribution is 2.24. The number of carbonyl (C=O) groups excluding carboxylic acids is 1. The first-order chi connectivity index (χ1) is 11.7. The largest absolute Gasteiger partial charge is 0.444 e. The van der Waals surface area contributed by atoms with Gasteiger partial charge in [0.2, 0.25) is 0 Å². The van der Waals surface area contributed by atoms with Gasteiger partial charge in [-0.05, 0) is 59.6 Å². The monoisotopic (exact) mass is 346 g/mol. The van der Waals surface area contributed by atoms with Gasteiger partial charge in [0.1, 0.15) is 11.4 Å². The van der Waals surface area contributed by atoms with Gasteiger partial charge in [-0.2, -0.15) is 4.52 Å². The van der Waals surface area contributed by atoms with Gasteiger partial charge in [-0.25, -0.2) is 4.79 Å². The maximum atomic E-state index is 12.0. The molecule has 2 aromatic rings. The number of hydrogen-bond donors (Lipinski definition) is 1. The molecular formula is C17H26N6O2. The van der Waals surface area contributed by atoms with E-state index in [1.54, 1.807) is 4.52 Å². The normalized spacial score (nSPS) is 21.4. The highest BCUT2D eigenvalue weighted by molar-refractivity contribution is 5.68. The van der Waals surface area contributed by atoms with E-state index >= 15 is 0 Å². The lowest BCUT2D eigenvalue weighted by Gasteiger charge is -2.38. The summed E-state index contributed by atoms with van der Waals surface area (Å²) in [6.07, 6.45) is 1.35. The zero-order chi connectivity index (χ0) is 18.2. The van der Waals surface area contributed by atoms with Gasteiger partial charge in [-0.1, -0.05) is 0 Å². The molecule has 1 aliphatic heterocycles. The molecule has 1 saturated heterocycles. The molecule has 8 nitrogen and oxygen atoms in total. The van der Waals surface area contributed by atoms with E-state index in [1.165, 1.54) is 0 Å². The summed E-state index contributed by atoms with van der Waals surface area (Å²) in [6.45, 7) is 10.5. The number of piperidine rings is 1. The van der Waals surface area contributed by atoms with Crippen molar-refractivity contribution < 1.29 is 9.53 Å². The third-order valence-corrected chi connectivity index (χ3v) is 4.30. The van der Waals surface area contributed by atoms with Gasteiger partial charge in [0.05, 0.1) is 0 Å². The quantitative estimate of drug-likeness (QED) is 0.898. The van der Waals surface area contributed by atoms with Crippen LogP contribution in [-0.4, -0.2) is 50.1 Å². The Kier molecular flexibility index (Phi) is 4.53. The number of nitrogens with one attached hydrogen (secondary N) is 1. The second kappa shape index (κ2) is 6.50. The number of ether oxygens (including phenoxy) is 1. The van der Waals surface area contributed by atoms with Gasteiger partial charge in [-0.15, -0.1) is 15.3 Å². The van der Waals surface area contributed by atoms with E-state index in [-0.39, 0.29) is 18.2 Å². The Bertz CT molecular complexity index is 766. The van der Waals surface area contributed by atoms with Gasteiger partial charge >= 0.3 is 6.09 Å². The summed E-state index contributed by atoms with van der Waals surface area (Å²) in [5.41, 5.74) is 0.266. The second-order valence-electron chi connectivity index (χ2n) is 7.62. The van der Waals surface area contributed by atoms with Crippen molar-refractivity contribution >= 4 is 17.6 Å². The van der Waals surface area contributed by atoms with Crippen molar-refractivity contribution in [1.82, 2.24) is 25.1 Å². The van der Waals surface area contributed by atoms with E-state index in [1.807, 2.05) is 39.8 Å². The fourth-order valence-electron chi connectivity index (χ4n) is 3.16. The third-order valence-electron chi connectivity index (χ3n) is 4.30. The lowest BCUT2D eigenvalue weighted by molar-refractivity contribution is 0.0494. The van der Waals surface area contributed by atoms with Crippen molar-refractivity contribution in [2.45, 2.75) is 65.1 Å². The van der Waals surface area contributed by atoms with Crippen LogP contribution in [0.15, 0.2) is 12.1 Å². The molecule has 2 atom stereocenters. The molecule has 0 saturated carbocycles. The standard InChI is InChI=1S/C17H26N6O2/c1-11-10-13(18-16(24)25-17(3,4)5)8-9-22(11)15-7-6-14-20-19-12(2)23(14)21-15/h6-7,11,13H,8-10H2,1-5H3,(H,18,24). The number of nitrogens with zero attached hydrogens (tertiary/aromatic N) is 5. The summed E-state index contributed by atoms with van der Waals surface area (Å²) in [7, 11) is 0. The van der Waals surface area contributed by atoms with Gasteiger partial charge in [0.25, 0.3) is 0 Å². The number of aromatic nitrogens is 4. The number of carbonyl (C=O) groups is 1. The van der Waals surface area contributed by atoms with Crippen molar-refractivity contribution in [2.24, 2.45) is 0 Å². The Labute approximate surface area is 147 Å². The van der Waals surface area contributed by atoms with Gasteiger partial charge in [0, 0.05) is 18.6 Å². The number of alkyl carbamates (subject to hydrolysis) is 1. The number of fused-ring (bicyclic) bond motifs is 1. The fraction of sp³-hybridized carbons (Fsp3) is 0.647. The van der Waals surface area contributed by atoms with Gasteiger partial charge in [-0.3, -0.25) is 0 Å². The molecule has 136 valence electrons. The molecule has 1 aliphatic rings. The lowest BCUT2D eigenvalue weighted by atomic mass is 9.98. The lowest BCUT2D eigenvalue weighted by Crippen LogP contribution is -2.50. The second-order valence-corrected chi connectivity index (χ2v) is 7.62. The smallest absolute Gasteiger partial charge is 0.407 e. The van der Waals surface area contributed by atoms with Crippen molar-refractivity contribution in [3.05, 3.63) is 18.0 Å². The molecule has 0 aromatic carbocycles. The zero-order valence-electron chi connectivity index (χ0n) is 15.5. The van der Waals surface area contributed by atoms with E-state index in [9.17, 15) is 4.79 Å². The average Bonchev–Trinajstić information content (AvgIpc) is 2.86. The maximum absolute atomic E-state index is 12.0. The Morgan fingerprint density at radius 3 is 2.76 bits per heavy atom. The van der Waals surface area contributed by atoms with Crippen molar-refractivity contribution in [2.75, 3.05) is 11.4 Å². The van der Waals surface area contributed by atoms with Crippen LogP contribution < -0.4 is 10.2 Å². The third kappa shape index (κ3) is 4.00. The van der Waals surface area contributed by atoms with E-state index in [0.29, 0.717) is 0 Å². The van der Waals surface area contributed by atoms with Crippen LogP contribution in [0.3, 0.4) is 0 Å². The first-order valence-electron chi connectivity index (χ1n) is 8.68. The summed E-state index contributed by atoms with van der Waals surface area (Å²) in [5, 5.41) is 15.7. The van der Waals surface area contributed by atoms with Crippen molar-refractivity contribution in [1.29, 1.82) is 0 Å². The molecule has 3 rings (SSSR count). The van der Waals surface area contributed by atoms with E-state index in [2.05, 4.69) is 32.4 Å². The first-order valence-corrected chi connectivity index (χ1v) is 8.68. The molecule has 0 bridgehead atoms. The Hall–Kier alpha value is -2.38. The van der Waals surface area contributed by atoms with E-state index in [4.69, 9.17) is 4.74 Å². The zero-order valence-corrected chi connectivity index (χ0v) is 15.5. The molecular weight excluding hydrogens is 320 g/mol. The van der Waals surface area contributed by atoms with E-state index < -0.39 is 5.60 Å². The van der Waals surface area contributed by atoms with Crippen LogP contribution in [-0.2, 0) is 4.74 Å². The Morgan fingerprint density at radius 2 is 2.08 bits per heavy atom. The SMILES string of the molecule is Cc1nnc2ccc(N3CCC(NC(=O)OC(C)(C)C)CC3C)nn12. The minimum absolute atomic E-state index is 0.112. The summed E-state index contributed by atoms with van der Waals surface area (Å²) in [6, 6.07) is 4.28. The predicted octanol–water partition coefficient (Wildman–Crippen LogP) is 2.31. The number of rotatable bonds is 2. The molecule has 0 spiro atoms. The van der Waals surface area contributed by atoms with Crippen molar-refractivity contribution in [3.8, 4) is 0 Å². The minimum Gasteiger partial charge on any atom is -0.444 e. The minimum atomic E-state index is -0.480. The topological polar surface area (TPSA) is 84.7 Å². The molecule has 8 heteroatoms. The fourth-order valence-corrected chi connectivity index (χ4v) is 3.16. The van der Waals surface area contributed by atoms with Gasteiger partial charge in [0.15, 0.2) is 11.5 Å². The van der Waals surface area contributed by atoms with Crippen LogP contribution in [0.1, 0.15) is 46.4 Å². The van der Waals surface area contributed by atoms with E-state index in [0.717, 1.165) is 36.7 Å². The Balaban J connectivity index is 1.65. The van der Waals surface area contributed by atoms with Crippen molar-refractivity contribution in [3.63, 3.8) is 0 Å². The van der Waals surface area contributed by atoms with Crippen LogP contribution in [0.25, 0.3) is 5.65 Å². The van der Waals surface area contributed by atoms with Crippen LogP contribution in [0.5, 0.6) is 0 Å². The highest BCUT2D eigenvalue weighted by atomic mass is 16.6. The molecule has 2 aromatic heterocycles. The molecule has 2 unspecified atom stereocenters. The first kappa shape index (κ1) is 17.4. The van der Waals surface area contributed by atoms with Crippen LogP contribution >= 0.6 is 0 Å². The molecule has 25 heavy (non-hydrogen) atoms. The molecule has 1 N–H and O–H groups in total. The number of amides is 1. The molecule has 3 heterocycles. The number of anilines is 1. The van der Waals surface area contributed by atoms with Crippen LogP contribution in [0, 0.1) is 6.92 Å². The number of aryl methyl sites for hydroxylation is 1. The summed E-state index contributed by atoms with van der Waals surface area (Å²) in [5.74, 6) is 1.67. The van der Waals surface area contributed by atoms with Crippen LogP contribution in [0.4, 0.5) is 10.6 Å². The maximum Gasteiger partial charge on any atom is 0.407 e. The highest BCUT2D eigenvalue weighted by Gasteiger charge is 2.29. The molecule has 0 radical (unpaired) electrons. The Morgan fingerprint density at radius 1 is 1.32 bits per heavy atom. The number of hydrogen-bond acceptors (Lipinski definition) is 6. The summed E-state index contributed by atoms with van der Waals surface area (Å²) < 4.78 is 7.10.